The van der Waals surface area contributed by atoms with Gasteiger partial charge in [0.25, 0.3) is 0 Å². The zero-order valence-electron chi connectivity index (χ0n) is 12.9. The number of aryl methyl sites for hydroxylation is 1. The summed E-state index contributed by atoms with van der Waals surface area (Å²) in [5.41, 5.74) is 1.94. The van der Waals surface area contributed by atoms with Crippen molar-refractivity contribution in [2.45, 2.75) is 26.0 Å². The lowest BCUT2D eigenvalue weighted by Crippen LogP contribution is -2.22. The van der Waals surface area contributed by atoms with E-state index in [0.29, 0.717) is 42.2 Å². The molecular formula is C17H19ClFN3O. The van der Waals surface area contributed by atoms with Crippen molar-refractivity contribution in [3.8, 4) is 0 Å². The third-order valence-electron chi connectivity index (χ3n) is 4.33. The van der Waals surface area contributed by atoms with Crippen LogP contribution in [0.3, 0.4) is 0 Å². The van der Waals surface area contributed by atoms with E-state index >= 15 is 0 Å². The number of likely N-dealkylation sites (tertiary alicyclic amines) is 1. The quantitative estimate of drug-likeness (QED) is 0.933. The third-order valence-corrected chi connectivity index (χ3v) is 4.69. The average molecular weight is 336 g/mol. The largest absolute Gasteiger partial charge is 0.391 e. The Bertz CT molecular complexity index is 683. The molecule has 1 fully saturated rings. The van der Waals surface area contributed by atoms with Crippen LogP contribution in [-0.4, -0.2) is 39.2 Å². The highest BCUT2D eigenvalue weighted by atomic mass is 35.5. The van der Waals surface area contributed by atoms with Gasteiger partial charge < -0.3 is 5.11 Å². The fourth-order valence-corrected chi connectivity index (χ4v) is 3.26. The first-order valence-corrected chi connectivity index (χ1v) is 8.01. The number of β-amino-alcohol motifs (C(OH)–C–C–N with tert-alkyl or cyclic N) is 1. The van der Waals surface area contributed by atoms with E-state index in [2.05, 4.69) is 9.97 Å². The molecule has 0 aliphatic carbocycles. The van der Waals surface area contributed by atoms with Crippen molar-refractivity contribution in [1.82, 2.24) is 14.9 Å². The van der Waals surface area contributed by atoms with Crippen molar-refractivity contribution in [2.75, 3.05) is 13.1 Å². The molecule has 4 nitrogen and oxygen atoms in total. The summed E-state index contributed by atoms with van der Waals surface area (Å²) in [5, 5.41) is 10.7. The van der Waals surface area contributed by atoms with Gasteiger partial charge in [-0.2, -0.15) is 0 Å². The lowest BCUT2D eigenvalue weighted by molar-refractivity contribution is 0.140. The van der Waals surface area contributed by atoms with E-state index in [4.69, 9.17) is 11.6 Å². The maximum Gasteiger partial charge on any atom is 0.132 e. The van der Waals surface area contributed by atoms with Crippen LogP contribution in [0.2, 0.25) is 5.02 Å². The van der Waals surface area contributed by atoms with E-state index < -0.39 is 6.10 Å². The maximum absolute atomic E-state index is 14.3. The molecule has 1 aromatic carbocycles. The predicted octanol–water partition coefficient (Wildman–Crippen LogP) is 2.61. The second-order valence-electron chi connectivity index (χ2n) is 6.08. The summed E-state index contributed by atoms with van der Waals surface area (Å²) in [6.07, 6.45) is 5.20. The van der Waals surface area contributed by atoms with Crippen LogP contribution in [0.15, 0.2) is 30.7 Å². The molecule has 0 saturated carbocycles. The molecule has 0 bridgehead atoms. The number of hydrogen-bond donors (Lipinski definition) is 1. The van der Waals surface area contributed by atoms with Gasteiger partial charge in [-0.3, -0.25) is 14.9 Å². The third kappa shape index (κ3) is 3.68. The molecule has 23 heavy (non-hydrogen) atoms. The zero-order chi connectivity index (χ0) is 16.4. The molecule has 6 heteroatoms. The van der Waals surface area contributed by atoms with E-state index in [-0.39, 0.29) is 11.7 Å². The summed E-state index contributed by atoms with van der Waals surface area (Å²) in [6.45, 7) is 3.32. The van der Waals surface area contributed by atoms with E-state index in [1.165, 1.54) is 0 Å². The van der Waals surface area contributed by atoms with E-state index in [9.17, 15) is 9.50 Å². The molecule has 1 aromatic heterocycles. The number of rotatable bonds is 4. The molecular weight excluding hydrogens is 317 g/mol. The number of halogens is 2. The summed E-state index contributed by atoms with van der Waals surface area (Å²) in [5.74, 6) is -0.192. The Morgan fingerprint density at radius 3 is 2.91 bits per heavy atom. The van der Waals surface area contributed by atoms with Crippen LogP contribution in [0.5, 0.6) is 0 Å². The topological polar surface area (TPSA) is 49.2 Å². The standard InChI is InChI=1S/C17H19ClFN3O/c1-11-2-3-15(18)14(17(11)19)9-22-8-12(16(23)10-22)6-13-7-20-4-5-21-13/h2-5,7,12,16,23H,6,8-10H2,1H3/t12-,16-/m1/s1. The van der Waals surface area contributed by atoms with Gasteiger partial charge >= 0.3 is 0 Å². The number of hydrogen-bond acceptors (Lipinski definition) is 4. The highest BCUT2D eigenvalue weighted by molar-refractivity contribution is 6.31. The second kappa shape index (κ2) is 6.91. The van der Waals surface area contributed by atoms with Gasteiger partial charge in [-0.1, -0.05) is 17.7 Å². The van der Waals surface area contributed by atoms with Crippen LogP contribution in [0.1, 0.15) is 16.8 Å². The maximum atomic E-state index is 14.3. The van der Waals surface area contributed by atoms with E-state index in [1.54, 1.807) is 37.6 Å². The van der Waals surface area contributed by atoms with Gasteiger partial charge in [-0.15, -0.1) is 0 Å². The molecule has 3 rings (SSSR count). The first-order chi connectivity index (χ1) is 11.0. The molecule has 2 aromatic rings. The van der Waals surface area contributed by atoms with Crippen molar-refractivity contribution >= 4 is 11.6 Å². The highest BCUT2D eigenvalue weighted by Crippen LogP contribution is 2.27. The molecule has 0 radical (unpaired) electrons. The minimum absolute atomic E-state index is 0.0679. The van der Waals surface area contributed by atoms with Crippen LogP contribution in [0, 0.1) is 18.7 Å². The molecule has 122 valence electrons. The van der Waals surface area contributed by atoms with Gasteiger partial charge in [0.1, 0.15) is 5.82 Å². The molecule has 1 aliphatic rings. The Labute approximate surface area is 139 Å². The van der Waals surface area contributed by atoms with Crippen molar-refractivity contribution in [3.05, 3.63) is 58.4 Å². The van der Waals surface area contributed by atoms with Crippen molar-refractivity contribution in [2.24, 2.45) is 5.92 Å². The lowest BCUT2D eigenvalue weighted by Gasteiger charge is -2.17. The number of aliphatic hydroxyl groups excluding tert-OH is 1. The average Bonchev–Trinajstić information content (AvgIpc) is 2.88. The minimum Gasteiger partial charge on any atom is -0.391 e. The Kier molecular flexibility index (Phi) is 4.90. The number of benzene rings is 1. The van der Waals surface area contributed by atoms with E-state index in [1.807, 2.05) is 4.90 Å². The number of nitrogens with zero attached hydrogens (tertiary/aromatic N) is 3. The zero-order valence-corrected chi connectivity index (χ0v) is 13.7. The van der Waals surface area contributed by atoms with Gasteiger partial charge in [-0.25, -0.2) is 4.39 Å². The van der Waals surface area contributed by atoms with Gasteiger partial charge in [0, 0.05) is 54.7 Å². The minimum atomic E-state index is -0.455. The first kappa shape index (κ1) is 16.3. The van der Waals surface area contributed by atoms with Crippen LogP contribution in [0.4, 0.5) is 4.39 Å². The Morgan fingerprint density at radius 1 is 1.35 bits per heavy atom. The summed E-state index contributed by atoms with van der Waals surface area (Å²) in [6, 6.07) is 3.40. The normalized spacial score (nSPS) is 21.7. The van der Waals surface area contributed by atoms with Crippen LogP contribution >= 0.6 is 11.6 Å². The fraction of sp³-hybridized carbons (Fsp3) is 0.412. The Balaban J connectivity index is 1.69. The summed E-state index contributed by atoms with van der Waals surface area (Å²) in [4.78, 5) is 10.3. The van der Waals surface area contributed by atoms with Crippen LogP contribution in [-0.2, 0) is 13.0 Å². The van der Waals surface area contributed by atoms with Gasteiger partial charge in [-0.05, 0) is 25.0 Å². The van der Waals surface area contributed by atoms with Gasteiger partial charge in [0.2, 0.25) is 0 Å². The summed E-state index contributed by atoms with van der Waals surface area (Å²) in [7, 11) is 0. The summed E-state index contributed by atoms with van der Waals surface area (Å²) >= 11 is 6.14. The SMILES string of the molecule is Cc1ccc(Cl)c(CN2C[C@@H](Cc3cnccn3)[C@H](O)C2)c1F. The molecule has 1 N–H and O–H groups in total. The fourth-order valence-electron chi connectivity index (χ4n) is 3.06. The van der Waals surface area contributed by atoms with Crippen molar-refractivity contribution < 1.29 is 9.50 Å². The predicted molar refractivity (Wildman–Crippen MR) is 86.7 cm³/mol. The smallest absolute Gasteiger partial charge is 0.132 e. The van der Waals surface area contributed by atoms with Gasteiger partial charge in [0.05, 0.1) is 11.8 Å². The molecule has 0 unspecified atom stereocenters. The first-order valence-electron chi connectivity index (χ1n) is 7.63. The van der Waals surface area contributed by atoms with Crippen molar-refractivity contribution in [3.63, 3.8) is 0 Å². The molecule has 2 heterocycles. The highest BCUT2D eigenvalue weighted by Gasteiger charge is 2.32. The molecule has 2 atom stereocenters. The van der Waals surface area contributed by atoms with Gasteiger partial charge in [0.15, 0.2) is 0 Å². The lowest BCUT2D eigenvalue weighted by atomic mass is 10.0. The second-order valence-corrected chi connectivity index (χ2v) is 6.49. The molecule has 1 aliphatic heterocycles. The molecule has 0 spiro atoms. The summed E-state index contributed by atoms with van der Waals surface area (Å²) < 4.78 is 14.3. The Morgan fingerprint density at radius 2 is 2.17 bits per heavy atom. The molecule has 0 amide bonds. The number of aliphatic hydroxyl groups is 1. The number of aromatic nitrogens is 2. The Hall–Kier alpha value is -1.56. The van der Waals surface area contributed by atoms with Crippen LogP contribution in [0.25, 0.3) is 0 Å². The van der Waals surface area contributed by atoms with E-state index in [0.717, 1.165) is 5.69 Å². The molecule has 1 saturated heterocycles. The van der Waals surface area contributed by atoms with Crippen molar-refractivity contribution in [1.29, 1.82) is 0 Å². The monoisotopic (exact) mass is 335 g/mol. The van der Waals surface area contributed by atoms with Crippen LogP contribution < -0.4 is 0 Å².